The zero-order valence-electron chi connectivity index (χ0n) is 8.53. The van der Waals surface area contributed by atoms with E-state index in [1.165, 1.54) is 6.07 Å². The van der Waals surface area contributed by atoms with Gasteiger partial charge >= 0.3 is 0 Å². The van der Waals surface area contributed by atoms with E-state index in [0.29, 0.717) is 0 Å². The van der Waals surface area contributed by atoms with E-state index < -0.39 is 5.82 Å². The number of hydrogen-bond donors (Lipinski definition) is 0. The summed E-state index contributed by atoms with van der Waals surface area (Å²) in [7, 11) is 0. The van der Waals surface area contributed by atoms with Crippen molar-refractivity contribution in [1.29, 1.82) is 5.26 Å². The largest absolute Gasteiger partial charge is 0.301 e. The van der Waals surface area contributed by atoms with Crippen LogP contribution in [-0.4, -0.2) is 9.38 Å². The number of hydrogen-bond acceptors (Lipinski definition) is 2. The quantitative estimate of drug-likeness (QED) is 0.714. The van der Waals surface area contributed by atoms with E-state index in [9.17, 15) is 4.39 Å². The maximum atomic E-state index is 13.6. The highest BCUT2D eigenvalue weighted by molar-refractivity contribution is 5.49. The third-order valence-corrected chi connectivity index (χ3v) is 2.36. The van der Waals surface area contributed by atoms with Crippen molar-refractivity contribution >= 4 is 5.65 Å². The lowest BCUT2D eigenvalue weighted by atomic mass is 10.1. The molecule has 0 fully saturated rings. The van der Waals surface area contributed by atoms with Crippen LogP contribution in [0.5, 0.6) is 0 Å². The first-order valence-electron chi connectivity index (χ1n) is 4.70. The summed E-state index contributed by atoms with van der Waals surface area (Å²) in [5.41, 5.74) is 1.19. The van der Waals surface area contributed by atoms with E-state index in [4.69, 9.17) is 5.26 Å². The Hall–Kier alpha value is -1.89. The van der Waals surface area contributed by atoms with Crippen LogP contribution in [0.1, 0.15) is 31.0 Å². The molecule has 3 nitrogen and oxygen atoms in total. The molecule has 0 saturated heterocycles. The molecule has 15 heavy (non-hydrogen) atoms. The average molecular weight is 203 g/mol. The highest BCUT2D eigenvalue weighted by Gasteiger charge is 2.13. The van der Waals surface area contributed by atoms with Gasteiger partial charge in [0.1, 0.15) is 6.07 Å². The summed E-state index contributed by atoms with van der Waals surface area (Å²) >= 11 is 0. The molecule has 0 amide bonds. The molecule has 0 N–H and O–H groups in total. The van der Waals surface area contributed by atoms with Gasteiger partial charge in [-0.1, -0.05) is 13.8 Å². The second-order valence-corrected chi connectivity index (χ2v) is 3.69. The predicted octanol–water partition coefficient (Wildman–Crippen LogP) is 2.47. The molecule has 0 unspecified atom stereocenters. The molecule has 0 radical (unpaired) electrons. The van der Waals surface area contributed by atoms with Crippen LogP contribution in [-0.2, 0) is 0 Å². The monoisotopic (exact) mass is 203 g/mol. The molecule has 2 heterocycles. The van der Waals surface area contributed by atoms with Crippen LogP contribution >= 0.6 is 0 Å². The fourth-order valence-corrected chi connectivity index (χ4v) is 1.55. The number of aromatic nitrogens is 2. The molecular weight excluding hydrogens is 193 g/mol. The molecule has 0 spiro atoms. The van der Waals surface area contributed by atoms with Crippen molar-refractivity contribution in [2.45, 2.75) is 19.8 Å². The van der Waals surface area contributed by atoms with Crippen LogP contribution in [0.25, 0.3) is 5.65 Å². The average Bonchev–Trinajstić information content (AvgIpc) is 2.62. The van der Waals surface area contributed by atoms with Gasteiger partial charge in [-0.05, 0) is 12.0 Å². The second kappa shape index (κ2) is 3.35. The van der Waals surface area contributed by atoms with E-state index in [1.807, 2.05) is 13.8 Å². The summed E-state index contributed by atoms with van der Waals surface area (Å²) in [5.74, 6) is -0.278. The van der Waals surface area contributed by atoms with E-state index in [0.717, 1.165) is 5.69 Å². The van der Waals surface area contributed by atoms with Crippen molar-refractivity contribution in [1.82, 2.24) is 9.38 Å². The molecule has 0 aromatic carbocycles. The standard InChI is InChI=1S/C11H10FN3/c1-7(2)9-6-14-11-10(12)8(5-13)3-4-15(9)11/h3-4,6-7H,1-2H3. The summed E-state index contributed by atoms with van der Waals surface area (Å²) in [6.07, 6.45) is 3.32. The Bertz CT molecular complexity index is 549. The summed E-state index contributed by atoms with van der Waals surface area (Å²) in [5, 5.41) is 8.67. The molecule has 0 saturated carbocycles. The minimum atomic E-state index is -0.549. The minimum Gasteiger partial charge on any atom is -0.301 e. The van der Waals surface area contributed by atoms with Gasteiger partial charge in [0.15, 0.2) is 11.5 Å². The topological polar surface area (TPSA) is 41.1 Å². The van der Waals surface area contributed by atoms with Gasteiger partial charge in [-0.25, -0.2) is 9.37 Å². The van der Waals surface area contributed by atoms with Gasteiger partial charge in [0.2, 0.25) is 0 Å². The van der Waals surface area contributed by atoms with Gasteiger partial charge in [-0.15, -0.1) is 0 Å². The van der Waals surface area contributed by atoms with E-state index in [1.54, 1.807) is 22.9 Å². The third-order valence-electron chi connectivity index (χ3n) is 2.36. The molecule has 4 heteroatoms. The summed E-state index contributed by atoms with van der Waals surface area (Å²) in [6.45, 7) is 4.03. The highest BCUT2D eigenvalue weighted by Crippen LogP contribution is 2.19. The Labute approximate surface area is 86.8 Å². The number of fused-ring (bicyclic) bond motifs is 1. The van der Waals surface area contributed by atoms with Gasteiger partial charge in [0.05, 0.1) is 5.56 Å². The maximum absolute atomic E-state index is 13.6. The van der Waals surface area contributed by atoms with E-state index >= 15 is 0 Å². The third kappa shape index (κ3) is 1.37. The van der Waals surface area contributed by atoms with Crippen LogP contribution < -0.4 is 0 Å². The van der Waals surface area contributed by atoms with Crippen LogP contribution in [0.4, 0.5) is 4.39 Å². The molecule has 2 rings (SSSR count). The Kier molecular flexibility index (Phi) is 2.16. The van der Waals surface area contributed by atoms with Gasteiger partial charge < -0.3 is 4.40 Å². The van der Waals surface area contributed by atoms with Gasteiger partial charge in [-0.2, -0.15) is 5.26 Å². The molecule has 0 aliphatic rings. The number of nitriles is 1. The molecule has 0 atom stereocenters. The number of pyridine rings is 1. The lowest BCUT2D eigenvalue weighted by Crippen LogP contribution is -1.97. The van der Waals surface area contributed by atoms with Crippen LogP contribution in [0.2, 0.25) is 0 Å². The Morgan fingerprint density at radius 1 is 1.53 bits per heavy atom. The van der Waals surface area contributed by atoms with Gasteiger partial charge in [0, 0.05) is 18.1 Å². The fraction of sp³-hybridized carbons (Fsp3) is 0.273. The second-order valence-electron chi connectivity index (χ2n) is 3.69. The van der Waals surface area contributed by atoms with Crippen molar-refractivity contribution in [2.75, 3.05) is 0 Å². The van der Waals surface area contributed by atoms with Crippen LogP contribution in [0.3, 0.4) is 0 Å². The van der Waals surface area contributed by atoms with E-state index in [2.05, 4.69) is 4.98 Å². The maximum Gasteiger partial charge on any atom is 0.184 e. The fourth-order valence-electron chi connectivity index (χ4n) is 1.55. The molecular formula is C11H10FN3. The lowest BCUT2D eigenvalue weighted by molar-refractivity contribution is 0.624. The number of imidazole rings is 1. The van der Waals surface area contributed by atoms with Crippen molar-refractivity contribution in [2.24, 2.45) is 0 Å². The smallest absolute Gasteiger partial charge is 0.184 e. The zero-order valence-corrected chi connectivity index (χ0v) is 8.53. The number of halogens is 1. The minimum absolute atomic E-state index is 0.0309. The number of rotatable bonds is 1. The zero-order chi connectivity index (χ0) is 11.0. The van der Waals surface area contributed by atoms with E-state index in [-0.39, 0.29) is 17.1 Å². The van der Waals surface area contributed by atoms with Crippen molar-refractivity contribution in [3.8, 4) is 6.07 Å². The highest BCUT2D eigenvalue weighted by atomic mass is 19.1. The first-order valence-corrected chi connectivity index (χ1v) is 4.70. The molecule has 76 valence electrons. The van der Waals surface area contributed by atoms with Gasteiger partial charge in [0.25, 0.3) is 0 Å². The predicted molar refractivity (Wildman–Crippen MR) is 54.0 cm³/mol. The normalized spacial score (nSPS) is 10.9. The van der Waals surface area contributed by atoms with Crippen LogP contribution in [0, 0.1) is 17.1 Å². The van der Waals surface area contributed by atoms with Gasteiger partial charge in [-0.3, -0.25) is 0 Å². The Balaban J connectivity index is 2.77. The van der Waals surface area contributed by atoms with Crippen molar-refractivity contribution < 1.29 is 4.39 Å². The summed E-state index contributed by atoms with van der Waals surface area (Å²) in [6, 6.07) is 3.27. The van der Waals surface area contributed by atoms with Crippen LogP contribution in [0.15, 0.2) is 18.5 Å². The Morgan fingerprint density at radius 3 is 2.87 bits per heavy atom. The number of nitrogens with zero attached hydrogens (tertiary/aromatic N) is 3. The lowest BCUT2D eigenvalue weighted by Gasteiger charge is -2.04. The molecule has 0 bridgehead atoms. The first kappa shape index (κ1) is 9.66. The molecule has 0 aliphatic carbocycles. The molecule has 0 aliphatic heterocycles. The summed E-state index contributed by atoms with van der Waals surface area (Å²) in [4.78, 5) is 3.98. The Morgan fingerprint density at radius 2 is 2.27 bits per heavy atom. The SMILES string of the molecule is CC(C)c1cnc2c(F)c(C#N)ccn12. The molecule has 2 aromatic heterocycles. The summed E-state index contributed by atoms with van der Waals surface area (Å²) < 4.78 is 15.3. The van der Waals surface area contributed by atoms with Crippen molar-refractivity contribution in [3.63, 3.8) is 0 Å². The first-order chi connectivity index (χ1) is 7.15. The molecule has 2 aromatic rings. The van der Waals surface area contributed by atoms with Crippen molar-refractivity contribution in [3.05, 3.63) is 35.5 Å².